The maximum atomic E-state index is 12.7. The van der Waals surface area contributed by atoms with E-state index in [1.165, 1.54) is 5.56 Å². The highest BCUT2D eigenvalue weighted by atomic mass is 16.5. The number of fused-ring (bicyclic) bond motifs is 1. The summed E-state index contributed by atoms with van der Waals surface area (Å²) in [4.78, 5) is 12.7. The molecule has 6 heteroatoms. The van der Waals surface area contributed by atoms with Crippen LogP contribution in [0.25, 0.3) is 0 Å². The predicted octanol–water partition coefficient (Wildman–Crippen LogP) is 5.82. The van der Waals surface area contributed by atoms with Gasteiger partial charge in [-0.1, -0.05) is 57.2 Å². The third-order valence-electron chi connectivity index (χ3n) is 5.89. The second-order valence-corrected chi connectivity index (χ2v) is 9.35. The molecule has 35 heavy (non-hydrogen) atoms. The predicted molar refractivity (Wildman–Crippen MR) is 133 cm³/mol. The Morgan fingerprint density at radius 1 is 1.06 bits per heavy atom. The van der Waals surface area contributed by atoms with Crippen molar-refractivity contribution in [2.45, 2.75) is 39.0 Å². The fraction of sp³-hybridized carbons (Fsp3) is 0.241. The molecule has 1 atom stereocenters. The summed E-state index contributed by atoms with van der Waals surface area (Å²) in [7, 11) is 0. The van der Waals surface area contributed by atoms with Crippen LogP contribution >= 0.6 is 0 Å². The van der Waals surface area contributed by atoms with Gasteiger partial charge < -0.3 is 19.9 Å². The maximum absolute atomic E-state index is 12.7. The van der Waals surface area contributed by atoms with Gasteiger partial charge in [-0.3, -0.25) is 0 Å². The Hall–Kier alpha value is -4.24. The molecule has 0 spiro atoms. The van der Waals surface area contributed by atoms with Crippen molar-refractivity contribution in [3.63, 3.8) is 0 Å². The van der Waals surface area contributed by atoms with Gasteiger partial charge in [0, 0.05) is 11.6 Å². The van der Waals surface area contributed by atoms with E-state index in [1.807, 2.05) is 19.1 Å². The number of esters is 1. The molecule has 0 saturated heterocycles. The van der Waals surface area contributed by atoms with E-state index in [2.05, 4.69) is 39.0 Å². The van der Waals surface area contributed by atoms with Gasteiger partial charge in [-0.2, -0.15) is 5.26 Å². The van der Waals surface area contributed by atoms with Crippen molar-refractivity contribution in [3.05, 3.63) is 100 Å². The van der Waals surface area contributed by atoms with Gasteiger partial charge in [0.25, 0.3) is 0 Å². The normalized spacial score (nSPS) is 15.0. The zero-order valence-corrected chi connectivity index (χ0v) is 20.3. The Morgan fingerprint density at radius 2 is 1.80 bits per heavy atom. The number of nitrogens with zero attached hydrogens (tertiary/aromatic N) is 1. The number of rotatable bonds is 5. The zero-order valence-electron chi connectivity index (χ0n) is 20.3. The summed E-state index contributed by atoms with van der Waals surface area (Å²) in [6.45, 7) is 8.84. The summed E-state index contributed by atoms with van der Waals surface area (Å²) in [6, 6.07) is 22.3. The lowest BCUT2D eigenvalue weighted by Crippen LogP contribution is -2.21. The number of hydrogen-bond donors (Lipinski definition) is 1. The lowest BCUT2D eigenvalue weighted by Gasteiger charge is -2.27. The van der Waals surface area contributed by atoms with E-state index in [0.29, 0.717) is 35.0 Å². The number of ether oxygens (including phenoxy) is 3. The van der Waals surface area contributed by atoms with Crippen molar-refractivity contribution in [2.75, 3.05) is 6.61 Å². The molecule has 0 bridgehead atoms. The smallest absolute Gasteiger partial charge is 0.343 e. The SMILES string of the molecule is CCOc1cccc(C(=O)Oc2ccc3c(c2)OC(N)=C(C#N)C3c2ccc(C(C)(C)C)cc2)c1. The molecule has 3 aromatic rings. The number of nitriles is 1. The zero-order chi connectivity index (χ0) is 25.2. The van der Waals surface area contributed by atoms with E-state index in [0.717, 1.165) is 11.1 Å². The summed E-state index contributed by atoms with van der Waals surface area (Å²) >= 11 is 0. The van der Waals surface area contributed by atoms with Gasteiger partial charge in [0.1, 0.15) is 28.9 Å². The van der Waals surface area contributed by atoms with Crippen LogP contribution in [0.15, 0.2) is 78.2 Å². The molecule has 0 aliphatic carbocycles. The van der Waals surface area contributed by atoms with Crippen LogP contribution < -0.4 is 19.9 Å². The maximum Gasteiger partial charge on any atom is 0.343 e. The van der Waals surface area contributed by atoms with E-state index in [-0.39, 0.29) is 17.2 Å². The number of nitrogens with two attached hydrogens (primary N) is 1. The highest BCUT2D eigenvalue weighted by Crippen LogP contribution is 2.43. The molecular weight excluding hydrogens is 440 g/mol. The van der Waals surface area contributed by atoms with Crippen LogP contribution in [0.1, 0.15) is 60.7 Å². The molecule has 0 amide bonds. The minimum absolute atomic E-state index is 0.0139. The highest BCUT2D eigenvalue weighted by molar-refractivity contribution is 5.91. The molecule has 1 unspecified atom stereocenters. The van der Waals surface area contributed by atoms with Crippen molar-refractivity contribution >= 4 is 5.97 Å². The molecule has 4 rings (SSSR count). The fourth-order valence-electron chi connectivity index (χ4n) is 4.06. The largest absolute Gasteiger partial charge is 0.494 e. The van der Waals surface area contributed by atoms with Gasteiger partial charge in [-0.05, 0) is 47.7 Å². The number of allylic oxidation sites excluding steroid dienone is 1. The quantitative estimate of drug-likeness (QED) is 0.374. The van der Waals surface area contributed by atoms with Crippen LogP contribution in [0.3, 0.4) is 0 Å². The molecular formula is C29H28N2O4. The number of benzene rings is 3. The first-order valence-electron chi connectivity index (χ1n) is 11.5. The fourth-order valence-corrected chi connectivity index (χ4v) is 4.06. The molecule has 6 nitrogen and oxygen atoms in total. The van der Waals surface area contributed by atoms with Crippen molar-refractivity contribution in [1.82, 2.24) is 0 Å². The van der Waals surface area contributed by atoms with Gasteiger partial charge in [0.15, 0.2) is 0 Å². The first-order chi connectivity index (χ1) is 16.7. The first-order valence-corrected chi connectivity index (χ1v) is 11.5. The van der Waals surface area contributed by atoms with Crippen molar-refractivity contribution < 1.29 is 19.0 Å². The summed E-state index contributed by atoms with van der Waals surface area (Å²) in [5.41, 5.74) is 9.76. The highest BCUT2D eigenvalue weighted by Gasteiger charge is 2.31. The molecule has 1 heterocycles. The van der Waals surface area contributed by atoms with Gasteiger partial charge >= 0.3 is 5.97 Å². The van der Waals surface area contributed by atoms with E-state index in [4.69, 9.17) is 19.9 Å². The number of hydrogen-bond acceptors (Lipinski definition) is 6. The van der Waals surface area contributed by atoms with Crippen molar-refractivity contribution in [3.8, 4) is 23.3 Å². The van der Waals surface area contributed by atoms with E-state index >= 15 is 0 Å². The summed E-state index contributed by atoms with van der Waals surface area (Å²) in [5, 5.41) is 9.82. The number of carbonyl (C=O) groups is 1. The van der Waals surface area contributed by atoms with Gasteiger partial charge in [0.2, 0.25) is 5.88 Å². The van der Waals surface area contributed by atoms with Gasteiger partial charge in [0.05, 0.1) is 18.1 Å². The second kappa shape index (κ2) is 9.55. The lowest BCUT2D eigenvalue weighted by atomic mass is 9.81. The molecule has 2 N–H and O–H groups in total. The topological polar surface area (TPSA) is 94.6 Å². The molecule has 0 saturated carbocycles. The summed E-state index contributed by atoms with van der Waals surface area (Å²) in [5.74, 6) is 0.490. The Balaban J connectivity index is 1.65. The van der Waals surface area contributed by atoms with Crippen LogP contribution in [-0.2, 0) is 5.41 Å². The van der Waals surface area contributed by atoms with Crippen LogP contribution in [0.5, 0.6) is 17.2 Å². The molecule has 3 aromatic carbocycles. The molecule has 0 aromatic heterocycles. The Labute approximate surface area is 205 Å². The van der Waals surface area contributed by atoms with E-state index in [9.17, 15) is 10.1 Å². The standard InChI is InChI=1S/C29H28N2O4/c1-5-33-21-8-6-7-19(15-21)28(32)34-22-13-14-23-25(16-22)35-27(31)24(17-30)26(23)18-9-11-20(12-10-18)29(2,3)4/h6-16,26H,5,31H2,1-4H3. The minimum Gasteiger partial charge on any atom is -0.494 e. The number of carbonyl (C=O) groups excluding carboxylic acids is 1. The Morgan fingerprint density at radius 3 is 2.46 bits per heavy atom. The van der Waals surface area contributed by atoms with E-state index < -0.39 is 5.97 Å². The Kier molecular flexibility index (Phi) is 6.52. The van der Waals surface area contributed by atoms with Crippen molar-refractivity contribution in [2.24, 2.45) is 5.73 Å². The average molecular weight is 469 g/mol. The van der Waals surface area contributed by atoms with Crippen molar-refractivity contribution in [1.29, 1.82) is 5.26 Å². The molecule has 1 aliphatic rings. The Bertz CT molecular complexity index is 1330. The average Bonchev–Trinajstić information content (AvgIpc) is 2.83. The monoisotopic (exact) mass is 468 g/mol. The van der Waals surface area contributed by atoms with Gasteiger partial charge in [-0.25, -0.2) is 4.79 Å². The first kappa shape index (κ1) is 23.9. The van der Waals surface area contributed by atoms with Crippen LogP contribution in [0, 0.1) is 11.3 Å². The third kappa shape index (κ3) is 4.99. The van der Waals surface area contributed by atoms with Crippen LogP contribution in [-0.4, -0.2) is 12.6 Å². The summed E-state index contributed by atoms with van der Waals surface area (Å²) < 4.78 is 16.8. The van der Waals surface area contributed by atoms with E-state index in [1.54, 1.807) is 42.5 Å². The lowest BCUT2D eigenvalue weighted by molar-refractivity contribution is 0.0734. The molecule has 0 fully saturated rings. The molecule has 178 valence electrons. The second-order valence-electron chi connectivity index (χ2n) is 9.35. The molecule has 0 radical (unpaired) electrons. The van der Waals surface area contributed by atoms with Gasteiger partial charge in [-0.15, -0.1) is 0 Å². The summed E-state index contributed by atoms with van der Waals surface area (Å²) in [6.07, 6.45) is 0. The minimum atomic E-state index is -0.516. The molecule has 1 aliphatic heterocycles. The third-order valence-corrected chi connectivity index (χ3v) is 5.89. The van der Waals surface area contributed by atoms with Crippen LogP contribution in [0.4, 0.5) is 0 Å². The van der Waals surface area contributed by atoms with Crippen LogP contribution in [0.2, 0.25) is 0 Å².